The van der Waals surface area contributed by atoms with E-state index in [4.69, 9.17) is 16.3 Å². The first-order valence-corrected chi connectivity index (χ1v) is 8.51. The summed E-state index contributed by atoms with van der Waals surface area (Å²) in [7, 11) is 0. The highest BCUT2D eigenvalue weighted by molar-refractivity contribution is 6.33. The molecule has 0 spiro atoms. The fourth-order valence-corrected chi connectivity index (χ4v) is 2.56. The molecule has 0 aromatic carbocycles. The van der Waals surface area contributed by atoms with E-state index in [-0.39, 0.29) is 22.7 Å². The number of carbonyl (C=O) groups excluding carboxylic acids is 1. The van der Waals surface area contributed by atoms with Crippen LogP contribution in [0.2, 0.25) is 5.02 Å². The average molecular weight is 341 g/mol. The minimum atomic E-state index is -0.247. The molecule has 1 aliphatic rings. The van der Waals surface area contributed by atoms with Crippen LogP contribution in [0.5, 0.6) is 0 Å². The summed E-state index contributed by atoms with van der Waals surface area (Å²) in [6.07, 6.45) is 3.49. The smallest absolute Gasteiger partial charge is 0.271 e. The van der Waals surface area contributed by atoms with Crippen molar-refractivity contribution in [1.29, 1.82) is 0 Å². The number of hydrogen-bond acceptors (Lipinski definition) is 5. The third-order valence-electron chi connectivity index (χ3n) is 3.79. The zero-order valence-electron chi connectivity index (χ0n) is 14.0. The standard InChI is InChI=1S/C16H25ClN4O2/c1-11(2)4-5-12(3)19-15(22)14-13(17)10-18-16(20-14)21-6-8-23-9-7-21/h10-12H,4-9H2,1-3H3,(H,19,22). The molecule has 23 heavy (non-hydrogen) atoms. The topological polar surface area (TPSA) is 67.4 Å². The Morgan fingerprint density at radius 3 is 2.70 bits per heavy atom. The van der Waals surface area contributed by atoms with Gasteiger partial charge in [-0.05, 0) is 25.7 Å². The molecule has 1 aromatic heterocycles. The van der Waals surface area contributed by atoms with Crippen molar-refractivity contribution in [2.45, 2.75) is 39.7 Å². The van der Waals surface area contributed by atoms with E-state index in [0.29, 0.717) is 38.2 Å². The lowest BCUT2D eigenvalue weighted by Crippen LogP contribution is -2.38. The Morgan fingerprint density at radius 1 is 1.35 bits per heavy atom. The van der Waals surface area contributed by atoms with E-state index in [0.717, 1.165) is 12.8 Å². The van der Waals surface area contributed by atoms with Crippen LogP contribution in [0, 0.1) is 5.92 Å². The summed E-state index contributed by atoms with van der Waals surface area (Å²) in [5.74, 6) is 0.894. The van der Waals surface area contributed by atoms with E-state index in [1.165, 1.54) is 6.20 Å². The molecule has 1 N–H and O–H groups in total. The van der Waals surface area contributed by atoms with Crippen LogP contribution in [0.1, 0.15) is 44.1 Å². The molecule has 1 unspecified atom stereocenters. The quantitative estimate of drug-likeness (QED) is 0.861. The molecule has 0 radical (unpaired) electrons. The van der Waals surface area contributed by atoms with E-state index in [2.05, 4.69) is 29.1 Å². The lowest BCUT2D eigenvalue weighted by Gasteiger charge is -2.27. The summed E-state index contributed by atoms with van der Waals surface area (Å²) in [5.41, 5.74) is 0.236. The average Bonchev–Trinajstić information content (AvgIpc) is 2.54. The number of hydrogen-bond donors (Lipinski definition) is 1. The number of halogens is 1. The van der Waals surface area contributed by atoms with Gasteiger partial charge >= 0.3 is 0 Å². The molecule has 1 amide bonds. The van der Waals surface area contributed by atoms with Gasteiger partial charge in [0.1, 0.15) is 0 Å². The van der Waals surface area contributed by atoms with Gasteiger partial charge in [0.05, 0.1) is 24.4 Å². The van der Waals surface area contributed by atoms with Crippen LogP contribution in [-0.4, -0.2) is 48.2 Å². The van der Waals surface area contributed by atoms with Crippen LogP contribution in [0.4, 0.5) is 5.95 Å². The first-order chi connectivity index (χ1) is 11.0. The molecular formula is C16H25ClN4O2. The van der Waals surface area contributed by atoms with Crippen LogP contribution < -0.4 is 10.2 Å². The first-order valence-electron chi connectivity index (χ1n) is 8.13. The van der Waals surface area contributed by atoms with Crippen molar-refractivity contribution in [3.8, 4) is 0 Å². The van der Waals surface area contributed by atoms with Gasteiger partial charge in [-0.25, -0.2) is 9.97 Å². The van der Waals surface area contributed by atoms with Crippen molar-refractivity contribution < 1.29 is 9.53 Å². The molecular weight excluding hydrogens is 316 g/mol. The number of rotatable bonds is 6. The predicted molar refractivity (Wildman–Crippen MR) is 91.1 cm³/mol. The molecule has 7 heteroatoms. The number of nitrogens with one attached hydrogen (secondary N) is 1. The highest BCUT2D eigenvalue weighted by Gasteiger charge is 2.20. The van der Waals surface area contributed by atoms with Gasteiger partial charge in [0, 0.05) is 19.1 Å². The summed E-state index contributed by atoms with van der Waals surface area (Å²) < 4.78 is 5.32. The molecule has 1 fully saturated rings. The summed E-state index contributed by atoms with van der Waals surface area (Å²) in [5, 5.41) is 3.24. The lowest BCUT2D eigenvalue weighted by molar-refractivity contribution is 0.0932. The summed E-state index contributed by atoms with van der Waals surface area (Å²) in [4.78, 5) is 23.0. The molecule has 2 heterocycles. The lowest BCUT2D eigenvalue weighted by atomic mass is 10.0. The van der Waals surface area contributed by atoms with Gasteiger partial charge in [-0.2, -0.15) is 0 Å². The summed E-state index contributed by atoms with van der Waals surface area (Å²) >= 11 is 6.11. The normalized spacial score (nSPS) is 16.5. The third-order valence-corrected chi connectivity index (χ3v) is 4.07. The van der Waals surface area contributed by atoms with Crippen molar-refractivity contribution in [2.75, 3.05) is 31.2 Å². The number of carbonyl (C=O) groups is 1. The summed E-state index contributed by atoms with van der Waals surface area (Å²) in [6, 6.07) is 0.0859. The van der Waals surface area contributed by atoms with Gasteiger partial charge in [-0.15, -0.1) is 0 Å². The number of nitrogens with zero attached hydrogens (tertiary/aromatic N) is 3. The molecule has 6 nitrogen and oxygen atoms in total. The maximum atomic E-state index is 12.4. The zero-order valence-corrected chi connectivity index (χ0v) is 14.8. The van der Waals surface area contributed by atoms with Crippen molar-refractivity contribution in [2.24, 2.45) is 5.92 Å². The fraction of sp³-hybridized carbons (Fsp3) is 0.688. The van der Waals surface area contributed by atoms with E-state index >= 15 is 0 Å². The van der Waals surface area contributed by atoms with Crippen molar-refractivity contribution in [3.63, 3.8) is 0 Å². The van der Waals surface area contributed by atoms with Crippen molar-refractivity contribution >= 4 is 23.5 Å². The number of ether oxygens (including phenoxy) is 1. The van der Waals surface area contributed by atoms with Crippen LogP contribution in [0.15, 0.2) is 6.20 Å². The number of amides is 1. The number of anilines is 1. The van der Waals surface area contributed by atoms with E-state index in [1.54, 1.807) is 0 Å². The first kappa shape index (κ1) is 17.9. The van der Waals surface area contributed by atoms with Gasteiger partial charge in [-0.1, -0.05) is 25.4 Å². The third kappa shape index (κ3) is 5.32. The van der Waals surface area contributed by atoms with Gasteiger partial charge in [0.25, 0.3) is 5.91 Å². The van der Waals surface area contributed by atoms with E-state index < -0.39 is 0 Å². The zero-order chi connectivity index (χ0) is 16.8. The van der Waals surface area contributed by atoms with E-state index in [1.807, 2.05) is 11.8 Å². The van der Waals surface area contributed by atoms with Gasteiger partial charge in [-0.3, -0.25) is 4.79 Å². The predicted octanol–water partition coefficient (Wildman–Crippen LogP) is 2.52. The van der Waals surface area contributed by atoms with Crippen LogP contribution >= 0.6 is 11.6 Å². The largest absolute Gasteiger partial charge is 0.378 e. The number of morpholine rings is 1. The molecule has 0 aliphatic carbocycles. The van der Waals surface area contributed by atoms with E-state index in [9.17, 15) is 4.79 Å². The Kier molecular flexibility index (Phi) is 6.59. The Balaban J connectivity index is 2.03. The molecule has 128 valence electrons. The molecule has 1 aliphatic heterocycles. The second-order valence-electron chi connectivity index (χ2n) is 6.31. The van der Waals surface area contributed by atoms with Crippen molar-refractivity contribution in [1.82, 2.24) is 15.3 Å². The molecule has 1 saturated heterocycles. The molecule has 0 bridgehead atoms. The van der Waals surface area contributed by atoms with Gasteiger partial charge in [0.15, 0.2) is 5.69 Å². The maximum Gasteiger partial charge on any atom is 0.271 e. The second kappa shape index (κ2) is 8.45. The second-order valence-corrected chi connectivity index (χ2v) is 6.72. The van der Waals surface area contributed by atoms with Gasteiger partial charge < -0.3 is 15.0 Å². The highest BCUT2D eigenvalue weighted by Crippen LogP contribution is 2.18. The van der Waals surface area contributed by atoms with Crippen LogP contribution in [-0.2, 0) is 4.74 Å². The fourth-order valence-electron chi connectivity index (χ4n) is 2.38. The highest BCUT2D eigenvalue weighted by atomic mass is 35.5. The minimum absolute atomic E-state index is 0.0859. The van der Waals surface area contributed by atoms with Crippen molar-refractivity contribution in [3.05, 3.63) is 16.9 Å². The van der Waals surface area contributed by atoms with Crippen LogP contribution in [0.25, 0.3) is 0 Å². The molecule has 1 aromatic rings. The Labute approximate surface area is 142 Å². The monoisotopic (exact) mass is 340 g/mol. The molecule has 1 atom stereocenters. The Morgan fingerprint density at radius 2 is 2.04 bits per heavy atom. The van der Waals surface area contributed by atoms with Crippen LogP contribution in [0.3, 0.4) is 0 Å². The maximum absolute atomic E-state index is 12.4. The Hall–Kier alpha value is -1.40. The molecule has 2 rings (SSSR count). The SMILES string of the molecule is CC(C)CCC(C)NC(=O)c1nc(N2CCOCC2)ncc1Cl. The Bertz CT molecular complexity index is 533. The minimum Gasteiger partial charge on any atom is -0.378 e. The van der Waals surface area contributed by atoms with Gasteiger partial charge in [0.2, 0.25) is 5.95 Å². The molecule has 0 saturated carbocycles. The number of aromatic nitrogens is 2. The summed E-state index contributed by atoms with van der Waals surface area (Å²) in [6.45, 7) is 9.05.